The highest BCUT2D eigenvalue weighted by molar-refractivity contribution is 7.98. The van der Waals surface area contributed by atoms with Crippen LogP contribution in [-0.2, 0) is 10.5 Å². The van der Waals surface area contributed by atoms with Gasteiger partial charge in [0.05, 0.1) is 6.61 Å². The summed E-state index contributed by atoms with van der Waals surface area (Å²) in [6.07, 6.45) is 1.39. The maximum atomic E-state index is 11.3. The molecule has 0 radical (unpaired) electrons. The number of primary amides is 1. The summed E-state index contributed by atoms with van der Waals surface area (Å²) in [5.41, 5.74) is 7.43. The number of nitrogens with two attached hydrogens (primary N) is 1. The van der Waals surface area contributed by atoms with Crippen molar-refractivity contribution in [3.8, 4) is 17.6 Å². The molecule has 0 bridgehead atoms. The van der Waals surface area contributed by atoms with Crippen LogP contribution >= 0.6 is 11.8 Å². The Kier molecular flexibility index (Phi) is 6.70. The fourth-order valence-corrected chi connectivity index (χ4v) is 3.14. The van der Waals surface area contributed by atoms with Gasteiger partial charge in [0.25, 0.3) is 5.91 Å². The molecule has 0 aromatic heterocycles. The van der Waals surface area contributed by atoms with E-state index in [1.807, 2.05) is 38.1 Å². The van der Waals surface area contributed by atoms with Crippen LogP contribution < -0.4 is 10.5 Å². The highest BCUT2D eigenvalue weighted by atomic mass is 32.2. The molecule has 0 unspecified atom stereocenters. The SMILES string of the molecule is CCOc1cc(/C=C(\C#N)C(N)=O)cc(CSc2ccc(C)cc2)c1O. The van der Waals surface area contributed by atoms with Crippen molar-refractivity contribution in [2.45, 2.75) is 24.5 Å². The van der Waals surface area contributed by atoms with E-state index in [1.165, 1.54) is 11.6 Å². The summed E-state index contributed by atoms with van der Waals surface area (Å²) in [5.74, 6) is 0.0765. The zero-order valence-electron chi connectivity index (χ0n) is 14.7. The smallest absolute Gasteiger partial charge is 0.259 e. The predicted octanol–water partition coefficient (Wildman–Crippen LogP) is 3.78. The highest BCUT2D eigenvalue weighted by Gasteiger charge is 2.13. The zero-order chi connectivity index (χ0) is 19.1. The number of hydrogen-bond acceptors (Lipinski definition) is 5. The van der Waals surface area contributed by atoms with Crippen molar-refractivity contribution < 1.29 is 14.6 Å². The summed E-state index contributed by atoms with van der Waals surface area (Å²) in [7, 11) is 0. The number of phenols is 1. The third-order valence-corrected chi connectivity index (χ3v) is 4.65. The van der Waals surface area contributed by atoms with Crippen LogP contribution in [0.5, 0.6) is 11.5 Å². The Hall–Kier alpha value is -2.91. The van der Waals surface area contributed by atoms with E-state index in [2.05, 4.69) is 0 Å². The second-order valence-electron chi connectivity index (χ2n) is 5.60. The fourth-order valence-electron chi connectivity index (χ4n) is 2.27. The number of ether oxygens (including phenoxy) is 1. The topological polar surface area (TPSA) is 96.3 Å². The highest BCUT2D eigenvalue weighted by Crippen LogP contribution is 2.36. The third kappa shape index (κ3) is 5.04. The number of aromatic hydroxyl groups is 1. The quantitative estimate of drug-likeness (QED) is 0.440. The minimum Gasteiger partial charge on any atom is -0.504 e. The van der Waals surface area contributed by atoms with Gasteiger partial charge in [-0.25, -0.2) is 0 Å². The number of carbonyl (C=O) groups is 1. The fraction of sp³-hybridized carbons (Fsp3) is 0.200. The number of amides is 1. The molecule has 6 heteroatoms. The first kappa shape index (κ1) is 19.4. The maximum Gasteiger partial charge on any atom is 0.259 e. The minimum atomic E-state index is -0.797. The monoisotopic (exact) mass is 368 g/mol. The molecule has 3 N–H and O–H groups in total. The van der Waals surface area contributed by atoms with Crippen LogP contribution in [0.25, 0.3) is 6.08 Å². The number of nitrogens with zero attached hydrogens (tertiary/aromatic N) is 1. The second kappa shape index (κ2) is 8.97. The Bertz CT molecular complexity index is 868. The van der Waals surface area contributed by atoms with Gasteiger partial charge in [-0.05, 0) is 49.8 Å². The standard InChI is InChI=1S/C20H20N2O3S/c1-3-25-18-10-14(8-15(11-21)20(22)24)9-16(19(18)23)12-26-17-6-4-13(2)5-7-17/h4-10,23H,3,12H2,1-2H3,(H2,22,24)/b15-8+. The number of nitriles is 1. The van der Waals surface area contributed by atoms with E-state index >= 15 is 0 Å². The molecule has 26 heavy (non-hydrogen) atoms. The van der Waals surface area contributed by atoms with E-state index in [0.29, 0.717) is 29.2 Å². The molecular weight excluding hydrogens is 348 g/mol. The summed E-state index contributed by atoms with van der Waals surface area (Å²) in [6.45, 7) is 4.22. The third-order valence-electron chi connectivity index (χ3n) is 3.59. The van der Waals surface area contributed by atoms with Gasteiger partial charge in [-0.1, -0.05) is 17.7 Å². The molecule has 0 aliphatic heterocycles. The number of rotatable bonds is 7. The molecule has 1 amide bonds. The lowest BCUT2D eigenvalue weighted by Crippen LogP contribution is -2.12. The predicted molar refractivity (Wildman–Crippen MR) is 103 cm³/mol. The van der Waals surface area contributed by atoms with E-state index in [-0.39, 0.29) is 11.3 Å². The molecule has 5 nitrogen and oxygen atoms in total. The van der Waals surface area contributed by atoms with Crippen LogP contribution in [0, 0.1) is 18.3 Å². The lowest BCUT2D eigenvalue weighted by molar-refractivity contribution is -0.114. The van der Waals surface area contributed by atoms with Crippen molar-refractivity contribution in [2.24, 2.45) is 5.73 Å². The lowest BCUT2D eigenvalue weighted by Gasteiger charge is -2.12. The molecule has 0 saturated heterocycles. The molecule has 0 atom stereocenters. The molecule has 0 saturated carbocycles. The van der Waals surface area contributed by atoms with E-state index < -0.39 is 5.91 Å². The summed E-state index contributed by atoms with van der Waals surface area (Å²) in [4.78, 5) is 12.4. The van der Waals surface area contributed by atoms with Crippen LogP contribution in [0.3, 0.4) is 0 Å². The average molecular weight is 368 g/mol. The summed E-state index contributed by atoms with van der Waals surface area (Å²) in [5, 5.41) is 19.5. The maximum absolute atomic E-state index is 11.3. The van der Waals surface area contributed by atoms with Gasteiger partial charge in [0.15, 0.2) is 11.5 Å². The van der Waals surface area contributed by atoms with Gasteiger partial charge in [-0.15, -0.1) is 11.8 Å². The number of aryl methyl sites for hydroxylation is 1. The van der Waals surface area contributed by atoms with Gasteiger partial charge in [0.1, 0.15) is 11.6 Å². The van der Waals surface area contributed by atoms with E-state index in [0.717, 1.165) is 4.90 Å². The van der Waals surface area contributed by atoms with Gasteiger partial charge in [0, 0.05) is 16.2 Å². The molecule has 2 aromatic rings. The molecule has 0 fully saturated rings. The summed E-state index contributed by atoms with van der Waals surface area (Å²) in [6, 6.07) is 13.2. The van der Waals surface area contributed by atoms with Gasteiger partial charge in [0.2, 0.25) is 0 Å². The molecule has 0 spiro atoms. The Labute approximate surface area is 157 Å². The largest absolute Gasteiger partial charge is 0.504 e. The number of benzene rings is 2. The van der Waals surface area contributed by atoms with Crippen molar-refractivity contribution in [1.82, 2.24) is 0 Å². The lowest BCUT2D eigenvalue weighted by atomic mass is 10.1. The summed E-state index contributed by atoms with van der Waals surface area (Å²) >= 11 is 1.57. The van der Waals surface area contributed by atoms with Crippen molar-refractivity contribution in [3.63, 3.8) is 0 Å². The van der Waals surface area contributed by atoms with Crippen LogP contribution in [0.2, 0.25) is 0 Å². The average Bonchev–Trinajstić information content (AvgIpc) is 2.62. The number of hydrogen-bond donors (Lipinski definition) is 2. The van der Waals surface area contributed by atoms with Crippen molar-refractivity contribution in [2.75, 3.05) is 6.61 Å². The van der Waals surface area contributed by atoms with Crippen LogP contribution in [0.15, 0.2) is 46.9 Å². The normalized spacial score (nSPS) is 11.0. The van der Waals surface area contributed by atoms with Gasteiger partial charge < -0.3 is 15.6 Å². The first-order valence-electron chi connectivity index (χ1n) is 8.04. The van der Waals surface area contributed by atoms with Crippen LogP contribution in [-0.4, -0.2) is 17.6 Å². The molecule has 0 heterocycles. The molecular formula is C20H20N2O3S. The first-order chi connectivity index (χ1) is 12.4. The minimum absolute atomic E-state index is 0.0567. The summed E-state index contributed by atoms with van der Waals surface area (Å²) < 4.78 is 5.47. The van der Waals surface area contributed by atoms with Crippen LogP contribution in [0.4, 0.5) is 0 Å². The Morgan fingerprint density at radius 3 is 2.62 bits per heavy atom. The first-order valence-corrected chi connectivity index (χ1v) is 9.03. The number of thioether (sulfide) groups is 1. The van der Waals surface area contributed by atoms with Crippen LogP contribution in [0.1, 0.15) is 23.6 Å². The van der Waals surface area contributed by atoms with Crippen molar-refractivity contribution in [1.29, 1.82) is 5.26 Å². The second-order valence-corrected chi connectivity index (χ2v) is 6.64. The van der Waals surface area contributed by atoms with Crippen molar-refractivity contribution >= 4 is 23.7 Å². The van der Waals surface area contributed by atoms with Gasteiger partial charge in [-0.3, -0.25) is 4.79 Å². The zero-order valence-corrected chi connectivity index (χ0v) is 15.5. The van der Waals surface area contributed by atoms with Gasteiger partial charge >= 0.3 is 0 Å². The van der Waals surface area contributed by atoms with E-state index in [4.69, 9.17) is 15.7 Å². The molecule has 0 aliphatic rings. The Balaban J connectivity index is 2.35. The number of phenolic OH excluding ortho intramolecular Hbond substituents is 1. The molecule has 134 valence electrons. The Morgan fingerprint density at radius 2 is 2.04 bits per heavy atom. The Morgan fingerprint density at radius 1 is 1.35 bits per heavy atom. The molecule has 0 aliphatic carbocycles. The molecule has 2 rings (SSSR count). The van der Waals surface area contributed by atoms with Crippen molar-refractivity contribution in [3.05, 3.63) is 58.7 Å². The van der Waals surface area contributed by atoms with Gasteiger partial charge in [-0.2, -0.15) is 5.26 Å². The van der Waals surface area contributed by atoms with E-state index in [1.54, 1.807) is 30.0 Å². The number of carbonyl (C=O) groups excluding carboxylic acids is 1. The van der Waals surface area contributed by atoms with E-state index in [9.17, 15) is 9.90 Å². The molecule has 2 aromatic carbocycles.